The van der Waals surface area contributed by atoms with E-state index in [1.807, 2.05) is 26.8 Å². The van der Waals surface area contributed by atoms with Gasteiger partial charge in [-0.3, -0.25) is 14.5 Å². The van der Waals surface area contributed by atoms with Crippen LogP contribution in [0.15, 0.2) is 17.3 Å². The first kappa shape index (κ1) is 15.1. The van der Waals surface area contributed by atoms with E-state index in [9.17, 15) is 8.42 Å². The highest BCUT2D eigenvalue weighted by molar-refractivity contribution is 7.92. The summed E-state index contributed by atoms with van der Waals surface area (Å²) >= 11 is 0. The number of aromatic amines is 1. The van der Waals surface area contributed by atoms with Crippen LogP contribution in [-0.4, -0.2) is 28.4 Å². The molecule has 2 N–H and O–H groups in total. The Labute approximate surface area is 122 Å². The second-order valence-electron chi connectivity index (χ2n) is 5.58. The van der Waals surface area contributed by atoms with E-state index in [2.05, 4.69) is 20.0 Å². The summed E-state index contributed by atoms with van der Waals surface area (Å²) in [5.41, 5.74) is 0.215. The van der Waals surface area contributed by atoms with Crippen molar-refractivity contribution in [2.24, 2.45) is 0 Å². The second-order valence-corrected chi connectivity index (χ2v) is 7.23. The van der Waals surface area contributed by atoms with Gasteiger partial charge in [0.1, 0.15) is 16.5 Å². The summed E-state index contributed by atoms with van der Waals surface area (Å²) in [5.74, 6) is 0.00743. The Morgan fingerprint density at radius 2 is 2.10 bits per heavy atom. The molecule has 0 bridgehead atoms. The van der Waals surface area contributed by atoms with Gasteiger partial charge in [-0.1, -0.05) is 0 Å². The summed E-state index contributed by atoms with van der Waals surface area (Å²) in [5, 5.41) is 19.5. The smallest absolute Gasteiger partial charge is 0.266 e. The van der Waals surface area contributed by atoms with Crippen molar-refractivity contribution in [3.05, 3.63) is 23.7 Å². The van der Waals surface area contributed by atoms with Gasteiger partial charge in [0.15, 0.2) is 5.82 Å². The lowest BCUT2D eigenvalue weighted by molar-refractivity contribution is 0.356. The number of hydrogen-bond donors (Lipinski definition) is 2. The van der Waals surface area contributed by atoms with Crippen LogP contribution in [0.4, 0.5) is 5.82 Å². The van der Waals surface area contributed by atoms with E-state index in [0.717, 1.165) is 0 Å². The molecule has 9 heteroatoms. The number of H-pyrrole nitrogens is 1. The molecule has 0 fully saturated rings. The van der Waals surface area contributed by atoms with E-state index in [1.165, 1.54) is 12.4 Å². The van der Waals surface area contributed by atoms with Crippen LogP contribution in [-0.2, 0) is 15.6 Å². The molecule has 0 spiro atoms. The molecule has 2 aromatic rings. The summed E-state index contributed by atoms with van der Waals surface area (Å²) in [4.78, 5) is 0.0247. The minimum atomic E-state index is -3.84. The fraction of sp³-hybridized carbons (Fsp3) is 0.417. The van der Waals surface area contributed by atoms with Gasteiger partial charge in [-0.25, -0.2) is 8.42 Å². The van der Waals surface area contributed by atoms with Gasteiger partial charge < -0.3 is 0 Å². The zero-order valence-electron chi connectivity index (χ0n) is 12.2. The van der Waals surface area contributed by atoms with Crippen LogP contribution < -0.4 is 4.72 Å². The van der Waals surface area contributed by atoms with Gasteiger partial charge in [0.05, 0.1) is 17.4 Å². The van der Waals surface area contributed by atoms with Crippen LogP contribution in [0, 0.1) is 18.3 Å². The molecular weight excluding hydrogens is 292 g/mol. The largest absolute Gasteiger partial charge is 0.281 e. The number of hydrogen-bond acceptors (Lipinski definition) is 5. The first-order valence-electron chi connectivity index (χ1n) is 6.18. The monoisotopic (exact) mass is 308 g/mol. The maximum absolute atomic E-state index is 12.3. The van der Waals surface area contributed by atoms with Crippen molar-refractivity contribution in [2.75, 3.05) is 4.72 Å². The molecule has 2 aromatic heterocycles. The molecule has 21 heavy (non-hydrogen) atoms. The molecule has 2 rings (SSSR count). The van der Waals surface area contributed by atoms with Crippen LogP contribution in [0.3, 0.4) is 0 Å². The molecule has 0 saturated heterocycles. The Morgan fingerprint density at radius 3 is 2.57 bits per heavy atom. The molecule has 0 radical (unpaired) electrons. The van der Waals surface area contributed by atoms with Crippen molar-refractivity contribution in [3.63, 3.8) is 0 Å². The van der Waals surface area contributed by atoms with Crippen molar-refractivity contribution in [1.82, 2.24) is 20.0 Å². The van der Waals surface area contributed by atoms with Gasteiger partial charge in [-0.05, 0) is 27.7 Å². The molecule has 112 valence electrons. The minimum absolute atomic E-state index is 0.00743. The predicted molar refractivity (Wildman–Crippen MR) is 76.1 cm³/mol. The molecular formula is C12H16N6O2S. The Hall–Kier alpha value is -2.34. The number of nitrogens with zero attached hydrogens (tertiary/aromatic N) is 4. The van der Waals surface area contributed by atoms with Crippen molar-refractivity contribution >= 4 is 15.8 Å². The molecule has 0 aromatic carbocycles. The first-order chi connectivity index (χ1) is 9.65. The fourth-order valence-corrected chi connectivity index (χ4v) is 2.82. The van der Waals surface area contributed by atoms with Crippen LogP contribution in [0.5, 0.6) is 0 Å². The predicted octanol–water partition coefficient (Wildman–Crippen LogP) is 1.34. The number of rotatable bonds is 3. The van der Waals surface area contributed by atoms with Gasteiger partial charge in [0, 0.05) is 6.20 Å². The Balaban J connectivity index is 2.43. The standard InChI is InChI=1S/C12H16N6O2S/c1-8-10(6-14-15-8)21(19,20)17-11-9(5-13)7-18(16-11)12(2,3)4/h6-7H,1-4H3,(H,14,15)(H,16,17). The molecule has 0 saturated carbocycles. The van der Waals surface area contributed by atoms with Crippen LogP contribution >= 0.6 is 0 Å². The number of anilines is 1. The third-order valence-electron chi connectivity index (χ3n) is 2.83. The lowest BCUT2D eigenvalue weighted by atomic mass is 10.1. The van der Waals surface area contributed by atoms with Gasteiger partial charge in [-0.15, -0.1) is 0 Å². The summed E-state index contributed by atoms with van der Waals surface area (Å²) < 4.78 is 28.4. The van der Waals surface area contributed by atoms with Crippen LogP contribution in [0.1, 0.15) is 32.0 Å². The summed E-state index contributed by atoms with van der Waals surface area (Å²) in [6, 6.07) is 1.94. The van der Waals surface area contributed by atoms with E-state index in [-0.39, 0.29) is 21.8 Å². The lowest BCUT2D eigenvalue weighted by Gasteiger charge is -2.18. The zero-order chi connectivity index (χ0) is 15.8. The average Bonchev–Trinajstić information content (AvgIpc) is 2.94. The van der Waals surface area contributed by atoms with E-state index < -0.39 is 10.0 Å². The molecule has 2 heterocycles. The molecule has 0 unspecified atom stereocenters. The second kappa shape index (κ2) is 4.89. The van der Waals surface area contributed by atoms with Crippen molar-refractivity contribution in [2.45, 2.75) is 38.1 Å². The quantitative estimate of drug-likeness (QED) is 0.887. The Bertz CT molecular complexity index is 804. The van der Waals surface area contributed by atoms with Gasteiger partial charge in [0.2, 0.25) is 0 Å². The Kier molecular flexibility index (Phi) is 3.51. The van der Waals surface area contributed by atoms with Crippen molar-refractivity contribution in [3.8, 4) is 6.07 Å². The van der Waals surface area contributed by atoms with Crippen molar-refractivity contribution in [1.29, 1.82) is 5.26 Å². The topological polar surface area (TPSA) is 116 Å². The maximum Gasteiger partial charge on any atom is 0.266 e. The summed E-state index contributed by atoms with van der Waals surface area (Å²) in [7, 11) is -3.84. The molecule has 0 amide bonds. The van der Waals surface area contributed by atoms with Crippen LogP contribution in [0.25, 0.3) is 0 Å². The lowest BCUT2D eigenvalue weighted by Crippen LogP contribution is -2.22. The number of nitrogens with one attached hydrogen (secondary N) is 2. The summed E-state index contributed by atoms with van der Waals surface area (Å²) in [6.07, 6.45) is 2.73. The SMILES string of the molecule is Cc1[nH]ncc1S(=O)(=O)Nc1nn(C(C)(C)C)cc1C#N. The van der Waals surface area contributed by atoms with Crippen molar-refractivity contribution < 1.29 is 8.42 Å². The highest BCUT2D eigenvalue weighted by Crippen LogP contribution is 2.22. The number of aryl methyl sites for hydroxylation is 1. The highest BCUT2D eigenvalue weighted by atomic mass is 32.2. The van der Waals surface area contributed by atoms with E-state index >= 15 is 0 Å². The number of nitriles is 1. The third-order valence-corrected chi connectivity index (χ3v) is 4.28. The first-order valence-corrected chi connectivity index (χ1v) is 7.66. The normalized spacial score (nSPS) is 12.1. The maximum atomic E-state index is 12.3. The molecule has 0 aliphatic rings. The molecule has 0 aliphatic carbocycles. The van der Waals surface area contributed by atoms with E-state index in [0.29, 0.717) is 5.69 Å². The average molecular weight is 308 g/mol. The molecule has 8 nitrogen and oxygen atoms in total. The van der Waals surface area contributed by atoms with Crippen LogP contribution in [0.2, 0.25) is 0 Å². The number of aromatic nitrogens is 4. The molecule has 0 aliphatic heterocycles. The van der Waals surface area contributed by atoms with Gasteiger partial charge >= 0.3 is 0 Å². The van der Waals surface area contributed by atoms with E-state index in [1.54, 1.807) is 11.6 Å². The van der Waals surface area contributed by atoms with Gasteiger partial charge in [0.25, 0.3) is 10.0 Å². The number of sulfonamides is 1. The Morgan fingerprint density at radius 1 is 1.43 bits per heavy atom. The summed E-state index contributed by atoms with van der Waals surface area (Å²) in [6.45, 7) is 7.31. The third kappa shape index (κ3) is 2.90. The van der Waals surface area contributed by atoms with Gasteiger partial charge in [-0.2, -0.15) is 15.5 Å². The zero-order valence-corrected chi connectivity index (χ0v) is 13.0. The minimum Gasteiger partial charge on any atom is -0.281 e. The molecule has 0 atom stereocenters. The fourth-order valence-electron chi connectivity index (χ4n) is 1.67. The highest BCUT2D eigenvalue weighted by Gasteiger charge is 2.24. The van der Waals surface area contributed by atoms with E-state index in [4.69, 9.17) is 5.26 Å².